The molecule has 5 heteroatoms. The van der Waals surface area contributed by atoms with E-state index in [2.05, 4.69) is 15.9 Å². The highest BCUT2D eigenvalue weighted by atomic mass is 79.9. The number of ketones is 1. The van der Waals surface area contributed by atoms with E-state index in [-0.39, 0.29) is 5.78 Å². The number of thiophene rings is 1. The Hall–Kier alpha value is 0.430. The molecule has 1 aromatic heterocycles. The van der Waals surface area contributed by atoms with Gasteiger partial charge < -0.3 is 0 Å². The zero-order valence-electron chi connectivity index (χ0n) is 5.94. The number of Topliss-reactive ketones (excluding diaryl/α,β-unsaturated/α-hetero) is 1. The van der Waals surface area contributed by atoms with Crippen LogP contribution in [0.1, 0.15) is 16.1 Å². The topological polar surface area (TPSA) is 17.1 Å². The molecule has 0 atom stereocenters. The Balaban J connectivity index is 2.82. The Bertz CT molecular complexity index is 278. The van der Waals surface area contributed by atoms with Crippen LogP contribution < -0.4 is 0 Å². The summed E-state index contributed by atoms with van der Waals surface area (Å²) in [4.78, 5) is 11.9. The highest BCUT2D eigenvalue weighted by Gasteiger charge is 2.10. The molecule has 0 aliphatic rings. The van der Waals surface area contributed by atoms with Gasteiger partial charge in [-0.05, 0) is 22.0 Å². The van der Waals surface area contributed by atoms with Crippen LogP contribution in [-0.2, 0) is 0 Å². The van der Waals surface area contributed by atoms with Gasteiger partial charge in [0.25, 0.3) is 0 Å². The van der Waals surface area contributed by atoms with Gasteiger partial charge in [-0.2, -0.15) is 0 Å². The second-order valence-corrected chi connectivity index (χ2v) is 5.25. The van der Waals surface area contributed by atoms with Gasteiger partial charge in [0, 0.05) is 12.3 Å². The third-order valence-electron chi connectivity index (χ3n) is 1.24. The van der Waals surface area contributed by atoms with Gasteiger partial charge in [0.05, 0.1) is 13.7 Å². The van der Waals surface area contributed by atoms with Crippen molar-refractivity contribution in [2.75, 3.05) is 5.88 Å². The number of carbonyl (C=O) groups is 1. The number of alkyl halides is 1. The van der Waals surface area contributed by atoms with E-state index < -0.39 is 0 Å². The van der Waals surface area contributed by atoms with Crippen molar-refractivity contribution in [3.05, 3.63) is 19.8 Å². The van der Waals surface area contributed by atoms with Crippen LogP contribution in [0.25, 0.3) is 0 Å². The molecule has 0 radical (unpaired) electrons. The molecular formula is C7H5BrCl2OS. The number of carbonyl (C=O) groups excluding carboxylic acids is 1. The van der Waals surface area contributed by atoms with Gasteiger partial charge in [-0.3, -0.25) is 4.79 Å². The van der Waals surface area contributed by atoms with Crippen LogP contribution in [0.5, 0.6) is 0 Å². The van der Waals surface area contributed by atoms with Gasteiger partial charge in [0.15, 0.2) is 5.78 Å². The van der Waals surface area contributed by atoms with E-state index in [0.29, 0.717) is 22.2 Å². The standard InChI is InChI=1S/C7H5BrCl2OS/c8-7-4(10)3-6(12-7)5(11)1-2-9/h3H,1-2H2. The first-order valence-electron chi connectivity index (χ1n) is 3.19. The van der Waals surface area contributed by atoms with E-state index in [9.17, 15) is 4.79 Å². The van der Waals surface area contributed by atoms with Crippen molar-refractivity contribution in [1.29, 1.82) is 0 Å². The molecule has 0 aliphatic carbocycles. The molecule has 12 heavy (non-hydrogen) atoms. The highest BCUT2D eigenvalue weighted by molar-refractivity contribution is 9.11. The average Bonchev–Trinajstić information content (AvgIpc) is 2.33. The Labute approximate surface area is 92.8 Å². The molecule has 0 aliphatic heterocycles. The summed E-state index contributed by atoms with van der Waals surface area (Å²) in [6, 6.07) is 1.66. The van der Waals surface area contributed by atoms with Crippen LogP contribution in [-0.4, -0.2) is 11.7 Å². The monoisotopic (exact) mass is 286 g/mol. The van der Waals surface area contributed by atoms with Crippen molar-refractivity contribution in [2.45, 2.75) is 6.42 Å². The fourth-order valence-corrected chi connectivity index (χ4v) is 2.53. The second-order valence-electron chi connectivity index (χ2n) is 2.09. The molecule has 0 aromatic carbocycles. The van der Waals surface area contributed by atoms with Crippen molar-refractivity contribution >= 4 is 56.3 Å². The molecule has 66 valence electrons. The molecule has 0 amide bonds. The zero-order valence-corrected chi connectivity index (χ0v) is 9.86. The Kier molecular flexibility index (Phi) is 4.03. The van der Waals surface area contributed by atoms with Crippen molar-refractivity contribution in [2.24, 2.45) is 0 Å². The maximum atomic E-state index is 11.3. The van der Waals surface area contributed by atoms with Crippen LogP contribution in [0.15, 0.2) is 9.85 Å². The van der Waals surface area contributed by atoms with Gasteiger partial charge in [-0.25, -0.2) is 0 Å². The molecule has 1 heterocycles. The molecule has 0 unspecified atom stereocenters. The SMILES string of the molecule is O=C(CCCl)c1cc(Cl)c(Br)s1. The Morgan fingerprint density at radius 2 is 2.33 bits per heavy atom. The summed E-state index contributed by atoms with van der Waals surface area (Å²) in [5.74, 6) is 0.397. The van der Waals surface area contributed by atoms with E-state index in [0.717, 1.165) is 3.79 Å². The van der Waals surface area contributed by atoms with E-state index in [1.54, 1.807) is 6.07 Å². The van der Waals surface area contributed by atoms with Gasteiger partial charge >= 0.3 is 0 Å². The lowest BCUT2D eigenvalue weighted by molar-refractivity contribution is 0.0993. The first-order valence-corrected chi connectivity index (χ1v) is 5.71. The molecule has 0 fully saturated rings. The molecule has 1 rings (SSSR count). The van der Waals surface area contributed by atoms with Crippen LogP contribution in [0.4, 0.5) is 0 Å². The van der Waals surface area contributed by atoms with Gasteiger partial charge in [0.2, 0.25) is 0 Å². The van der Waals surface area contributed by atoms with E-state index in [4.69, 9.17) is 23.2 Å². The summed E-state index contributed by atoms with van der Waals surface area (Å²) in [5.41, 5.74) is 0. The van der Waals surface area contributed by atoms with Crippen molar-refractivity contribution < 1.29 is 4.79 Å². The summed E-state index contributed by atoms with van der Waals surface area (Å²) < 4.78 is 0.794. The predicted octanol–water partition coefficient (Wildman–Crippen LogP) is 3.98. The average molecular weight is 288 g/mol. The van der Waals surface area contributed by atoms with Gasteiger partial charge in [-0.1, -0.05) is 11.6 Å². The normalized spacial score (nSPS) is 10.2. The maximum Gasteiger partial charge on any atom is 0.174 e. The minimum Gasteiger partial charge on any atom is -0.293 e. The molecule has 1 nitrogen and oxygen atoms in total. The molecule has 0 saturated carbocycles. The molecule has 0 bridgehead atoms. The third kappa shape index (κ3) is 2.46. The van der Waals surface area contributed by atoms with Crippen molar-refractivity contribution in [3.8, 4) is 0 Å². The summed E-state index contributed by atoms with van der Waals surface area (Å²) in [5, 5.41) is 0.581. The van der Waals surface area contributed by atoms with Crippen LogP contribution in [0.2, 0.25) is 5.02 Å². The van der Waals surface area contributed by atoms with Crippen LogP contribution in [0, 0.1) is 0 Å². The third-order valence-corrected chi connectivity index (χ3v) is 3.95. The summed E-state index contributed by atoms with van der Waals surface area (Å²) >= 11 is 15.8. The summed E-state index contributed by atoms with van der Waals surface area (Å²) in [6.45, 7) is 0. The molecule has 0 N–H and O–H groups in total. The van der Waals surface area contributed by atoms with E-state index in [1.165, 1.54) is 11.3 Å². The quantitative estimate of drug-likeness (QED) is 0.607. The Morgan fingerprint density at radius 3 is 2.75 bits per heavy atom. The first-order chi connectivity index (χ1) is 5.65. The molecule has 1 aromatic rings. The van der Waals surface area contributed by atoms with Gasteiger partial charge in [0.1, 0.15) is 0 Å². The van der Waals surface area contributed by atoms with E-state index >= 15 is 0 Å². The Morgan fingerprint density at radius 1 is 1.67 bits per heavy atom. The summed E-state index contributed by atoms with van der Waals surface area (Å²) in [6.07, 6.45) is 0.366. The fraction of sp³-hybridized carbons (Fsp3) is 0.286. The van der Waals surface area contributed by atoms with Crippen LogP contribution >= 0.6 is 50.5 Å². The summed E-state index contributed by atoms with van der Waals surface area (Å²) in [7, 11) is 0. The molecule has 0 spiro atoms. The van der Waals surface area contributed by atoms with Crippen molar-refractivity contribution in [1.82, 2.24) is 0 Å². The number of halogens is 3. The first kappa shape index (κ1) is 10.5. The van der Waals surface area contributed by atoms with E-state index in [1.807, 2.05) is 0 Å². The highest BCUT2D eigenvalue weighted by Crippen LogP contribution is 2.32. The minimum absolute atomic E-state index is 0.0441. The van der Waals surface area contributed by atoms with Crippen molar-refractivity contribution in [3.63, 3.8) is 0 Å². The number of hydrogen-bond donors (Lipinski definition) is 0. The molecular weight excluding hydrogens is 283 g/mol. The van der Waals surface area contributed by atoms with Crippen LogP contribution in [0.3, 0.4) is 0 Å². The largest absolute Gasteiger partial charge is 0.293 e. The smallest absolute Gasteiger partial charge is 0.174 e. The number of rotatable bonds is 3. The van der Waals surface area contributed by atoms with Gasteiger partial charge in [-0.15, -0.1) is 22.9 Å². The number of hydrogen-bond acceptors (Lipinski definition) is 2. The fourth-order valence-electron chi connectivity index (χ4n) is 0.693. The zero-order chi connectivity index (χ0) is 9.14. The lowest BCUT2D eigenvalue weighted by atomic mass is 10.3. The maximum absolute atomic E-state index is 11.3. The lowest BCUT2D eigenvalue weighted by Gasteiger charge is -1.89. The second kappa shape index (κ2) is 4.61. The minimum atomic E-state index is 0.0441. The lowest BCUT2D eigenvalue weighted by Crippen LogP contribution is -1.95. The molecule has 0 saturated heterocycles. The predicted molar refractivity (Wildman–Crippen MR) is 56.7 cm³/mol.